The predicted octanol–water partition coefficient (Wildman–Crippen LogP) is 5.47. The van der Waals surface area contributed by atoms with Crippen LogP contribution in [0.2, 0.25) is 0 Å². The fourth-order valence-electron chi connectivity index (χ4n) is 3.72. The molecular formula is C20H25P. The van der Waals surface area contributed by atoms with Crippen molar-refractivity contribution in [3.63, 3.8) is 0 Å². The summed E-state index contributed by atoms with van der Waals surface area (Å²) in [4.78, 5) is 0. The van der Waals surface area contributed by atoms with Crippen molar-refractivity contribution in [2.45, 2.75) is 51.1 Å². The van der Waals surface area contributed by atoms with Gasteiger partial charge in [-0.3, -0.25) is 0 Å². The molecule has 0 N–H and O–H groups in total. The first-order chi connectivity index (χ1) is 10.2. The molecule has 1 aliphatic rings. The van der Waals surface area contributed by atoms with Crippen LogP contribution in [0.5, 0.6) is 0 Å². The first-order valence-corrected chi connectivity index (χ1v) is 9.10. The monoisotopic (exact) mass is 296 g/mol. The predicted molar refractivity (Wildman–Crippen MR) is 95.1 cm³/mol. The molecule has 0 nitrogen and oxygen atoms in total. The van der Waals surface area contributed by atoms with Crippen LogP contribution in [0.4, 0.5) is 0 Å². The highest BCUT2D eigenvalue weighted by Crippen LogP contribution is 2.51. The molecule has 0 bridgehead atoms. The average molecular weight is 296 g/mol. The van der Waals surface area contributed by atoms with Crippen molar-refractivity contribution in [1.29, 1.82) is 0 Å². The van der Waals surface area contributed by atoms with Gasteiger partial charge in [-0.15, -0.1) is 0 Å². The van der Waals surface area contributed by atoms with Crippen LogP contribution >= 0.6 is 8.58 Å². The summed E-state index contributed by atoms with van der Waals surface area (Å²) in [6, 6.07) is 18.3. The minimum absolute atomic E-state index is 0.389. The lowest BCUT2D eigenvalue weighted by molar-refractivity contribution is 0.404. The molecule has 0 aromatic heterocycles. The van der Waals surface area contributed by atoms with E-state index < -0.39 is 0 Å². The molecule has 3 rings (SSSR count). The Labute approximate surface area is 130 Å². The minimum Gasteiger partial charge on any atom is -0.0795 e. The summed E-state index contributed by atoms with van der Waals surface area (Å²) in [7, 11) is 0.894. The van der Waals surface area contributed by atoms with Crippen LogP contribution in [0.15, 0.2) is 48.5 Å². The number of hydrogen-bond acceptors (Lipinski definition) is 0. The maximum absolute atomic E-state index is 2.39. The van der Waals surface area contributed by atoms with E-state index in [2.05, 4.69) is 62.4 Å². The molecule has 0 spiro atoms. The Kier molecular flexibility index (Phi) is 4.45. The number of hydrogen-bond donors (Lipinski definition) is 0. The molecule has 1 heteroatoms. The van der Waals surface area contributed by atoms with Gasteiger partial charge in [0.2, 0.25) is 0 Å². The Hall–Kier alpha value is -1.13. The van der Waals surface area contributed by atoms with Gasteiger partial charge in [0.05, 0.1) is 0 Å². The zero-order chi connectivity index (χ0) is 14.7. The molecule has 2 aromatic carbocycles. The minimum atomic E-state index is 0.389. The Bertz CT molecular complexity index is 574. The van der Waals surface area contributed by atoms with Crippen LogP contribution < -0.4 is 5.30 Å². The molecule has 1 atom stereocenters. The van der Waals surface area contributed by atoms with E-state index in [1.54, 1.807) is 10.9 Å². The van der Waals surface area contributed by atoms with E-state index in [0.29, 0.717) is 5.16 Å². The maximum atomic E-state index is 2.39. The molecule has 0 saturated heterocycles. The van der Waals surface area contributed by atoms with Gasteiger partial charge in [0.15, 0.2) is 0 Å². The second kappa shape index (κ2) is 6.32. The quantitative estimate of drug-likeness (QED) is 0.659. The Morgan fingerprint density at radius 3 is 2.05 bits per heavy atom. The maximum Gasteiger partial charge on any atom is 0.0167 e. The first-order valence-electron chi connectivity index (χ1n) is 8.10. The van der Waals surface area contributed by atoms with E-state index in [0.717, 1.165) is 8.58 Å². The van der Waals surface area contributed by atoms with Gasteiger partial charge in [-0.2, -0.15) is 0 Å². The largest absolute Gasteiger partial charge is 0.0795 e. The highest BCUT2D eigenvalue weighted by Gasteiger charge is 2.33. The van der Waals surface area contributed by atoms with Gasteiger partial charge in [0.25, 0.3) is 0 Å². The number of rotatable bonds is 3. The summed E-state index contributed by atoms with van der Waals surface area (Å²) in [5.74, 6) is 0. The lowest BCUT2D eigenvalue weighted by Crippen LogP contribution is -2.26. The zero-order valence-electron chi connectivity index (χ0n) is 13.2. The summed E-state index contributed by atoms with van der Waals surface area (Å²) in [5.41, 5.74) is 4.36. The van der Waals surface area contributed by atoms with Gasteiger partial charge >= 0.3 is 0 Å². The van der Waals surface area contributed by atoms with E-state index in [9.17, 15) is 0 Å². The Morgan fingerprint density at radius 2 is 1.43 bits per heavy atom. The fourth-order valence-corrected chi connectivity index (χ4v) is 5.79. The molecule has 2 aromatic rings. The van der Waals surface area contributed by atoms with E-state index in [-0.39, 0.29) is 0 Å². The molecule has 110 valence electrons. The van der Waals surface area contributed by atoms with Crippen molar-refractivity contribution in [2.75, 3.05) is 0 Å². The van der Waals surface area contributed by atoms with Gasteiger partial charge in [0, 0.05) is 5.16 Å². The molecule has 1 saturated carbocycles. The van der Waals surface area contributed by atoms with Crippen LogP contribution in [0.1, 0.15) is 48.8 Å². The van der Waals surface area contributed by atoms with Crippen molar-refractivity contribution >= 4 is 13.9 Å². The van der Waals surface area contributed by atoms with Crippen LogP contribution in [-0.4, -0.2) is 0 Å². The topological polar surface area (TPSA) is 0 Å². The van der Waals surface area contributed by atoms with Gasteiger partial charge in [-0.25, -0.2) is 0 Å². The molecule has 0 aliphatic heterocycles. The highest BCUT2D eigenvalue weighted by molar-refractivity contribution is 7.48. The van der Waals surface area contributed by atoms with E-state index in [1.807, 2.05) is 0 Å². The summed E-state index contributed by atoms with van der Waals surface area (Å²) in [6.07, 6.45) is 6.87. The van der Waals surface area contributed by atoms with Gasteiger partial charge in [-0.1, -0.05) is 87.5 Å². The summed E-state index contributed by atoms with van der Waals surface area (Å²) < 4.78 is 0. The smallest absolute Gasteiger partial charge is 0.0167 e. The summed E-state index contributed by atoms with van der Waals surface area (Å²) in [6.45, 7) is 4.44. The molecule has 0 heterocycles. The third kappa shape index (κ3) is 3.38. The lowest BCUT2D eigenvalue weighted by Gasteiger charge is -2.38. The molecule has 0 amide bonds. The zero-order valence-corrected chi connectivity index (χ0v) is 14.2. The standard InChI is InChI=1S/C20H25P/c1-16-13-17(2)15-19(14-16)21-20(11-7-4-8-12-20)18-9-5-3-6-10-18/h3,5-6,9-10,13-15,21H,4,7-8,11-12H2,1-2H3. The Balaban J connectivity index is 1.96. The molecule has 21 heavy (non-hydrogen) atoms. The summed E-state index contributed by atoms with van der Waals surface area (Å²) >= 11 is 0. The molecular weight excluding hydrogens is 271 g/mol. The van der Waals surface area contributed by atoms with Crippen LogP contribution in [0.3, 0.4) is 0 Å². The van der Waals surface area contributed by atoms with Crippen molar-refractivity contribution in [3.05, 3.63) is 65.2 Å². The van der Waals surface area contributed by atoms with Crippen molar-refractivity contribution in [3.8, 4) is 0 Å². The van der Waals surface area contributed by atoms with E-state index in [1.165, 1.54) is 43.2 Å². The van der Waals surface area contributed by atoms with E-state index >= 15 is 0 Å². The first kappa shape index (κ1) is 14.8. The van der Waals surface area contributed by atoms with Crippen LogP contribution in [0.25, 0.3) is 0 Å². The second-order valence-electron chi connectivity index (χ2n) is 6.51. The second-order valence-corrected chi connectivity index (χ2v) is 8.29. The van der Waals surface area contributed by atoms with Crippen molar-refractivity contribution in [2.24, 2.45) is 0 Å². The van der Waals surface area contributed by atoms with Crippen LogP contribution in [-0.2, 0) is 5.16 Å². The van der Waals surface area contributed by atoms with Crippen molar-refractivity contribution in [1.82, 2.24) is 0 Å². The fraction of sp³-hybridized carbons (Fsp3) is 0.400. The third-order valence-corrected chi connectivity index (χ3v) is 6.48. The molecule has 1 aliphatic carbocycles. The van der Waals surface area contributed by atoms with Crippen LogP contribution in [0, 0.1) is 13.8 Å². The molecule has 1 unspecified atom stereocenters. The SMILES string of the molecule is Cc1cc(C)cc(PC2(c3ccccc3)CCCCC2)c1. The third-order valence-electron chi connectivity index (χ3n) is 4.64. The van der Waals surface area contributed by atoms with Gasteiger partial charge in [0.1, 0.15) is 0 Å². The average Bonchev–Trinajstić information content (AvgIpc) is 2.48. The molecule has 0 radical (unpaired) electrons. The van der Waals surface area contributed by atoms with Gasteiger partial charge < -0.3 is 0 Å². The highest BCUT2D eigenvalue weighted by atomic mass is 31.1. The summed E-state index contributed by atoms with van der Waals surface area (Å²) in [5, 5.41) is 1.93. The van der Waals surface area contributed by atoms with Gasteiger partial charge in [-0.05, 0) is 37.6 Å². The van der Waals surface area contributed by atoms with E-state index in [4.69, 9.17) is 0 Å². The lowest BCUT2D eigenvalue weighted by atomic mass is 9.83. The molecule has 1 fully saturated rings. The number of benzene rings is 2. The van der Waals surface area contributed by atoms with Crippen molar-refractivity contribution < 1.29 is 0 Å². The Morgan fingerprint density at radius 1 is 0.810 bits per heavy atom. The normalized spacial score (nSPS) is 18.2. The number of aryl methyl sites for hydroxylation is 2.